The summed E-state index contributed by atoms with van der Waals surface area (Å²) in [6.45, 7) is 2.36. The number of halogens is 3. The molecule has 12 heteroatoms. The highest BCUT2D eigenvalue weighted by Crippen LogP contribution is 2.41. The molecule has 1 aromatic heterocycles. The lowest BCUT2D eigenvalue weighted by Crippen LogP contribution is -2.40. The van der Waals surface area contributed by atoms with E-state index in [-0.39, 0.29) is 52.7 Å². The second-order valence-electron chi connectivity index (χ2n) is 8.17. The predicted molar refractivity (Wildman–Crippen MR) is 136 cm³/mol. The van der Waals surface area contributed by atoms with Crippen molar-refractivity contribution in [2.45, 2.75) is 39.0 Å². The van der Waals surface area contributed by atoms with Crippen LogP contribution in [0, 0.1) is 10.9 Å². The molecule has 0 aliphatic heterocycles. The van der Waals surface area contributed by atoms with Gasteiger partial charge in [-0.1, -0.05) is 17.7 Å². The van der Waals surface area contributed by atoms with Crippen LogP contribution in [0.5, 0.6) is 0 Å². The van der Waals surface area contributed by atoms with E-state index in [0.29, 0.717) is 35.7 Å². The van der Waals surface area contributed by atoms with Crippen LogP contribution in [-0.4, -0.2) is 50.7 Å². The molecule has 1 aromatic carbocycles. The number of amides is 2. The second-order valence-corrected chi connectivity index (χ2v) is 9.60. The number of rotatable bonds is 10. The maximum atomic E-state index is 15.3. The lowest BCUT2D eigenvalue weighted by atomic mass is 9.90. The largest absolute Gasteiger partial charge is 0.469 e. The van der Waals surface area contributed by atoms with Crippen LogP contribution in [0.1, 0.15) is 47.8 Å². The van der Waals surface area contributed by atoms with Gasteiger partial charge in [0.1, 0.15) is 18.1 Å². The average molecular weight is 570 g/mol. The Hall–Kier alpha value is -3.15. The van der Waals surface area contributed by atoms with Gasteiger partial charge in [0.2, 0.25) is 5.13 Å². The minimum absolute atomic E-state index is 0.0291. The van der Waals surface area contributed by atoms with Crippen molar-refractivity contribution < 1.29 is 42.2 Å². The molecule has 1 heterocycles. The number of hydrogen-bond donors (Lipinski definition) is 0. The molecule has 0 radical (unpaired) electrons. The fraction of sp³-hybridized carbons (Fsp3) is 0.385. The quantitative estimate of drug-likeness (QED) is 0.225. The van der Waals surface area contributed by atoms with E-state index in [9.17, 15) is 23.6 Å². The first-order chi connectivity index (χ1) is 18.2. The summed E-state index contributed by atoms with van der Waals surface area (Å²) in [4.78, 5) is 52.6. The van der Waals surface area contributed by atoms with Gasteiger partial charge in [0.05, 0.1) is 25.2 Å². The number of benzene rings is 1. The summed E-state index contributed by atoms with van der Waals surface area (Å²) in [5.41, 5.74) is -0.793. The first-order valence-corrected chi connectivity index (χ1v) is 13.0. The molecular weight excluding hydrogens is 544 g/mol. The number of imide groups is 1. The van der Waals surface area contributed by atoms with E-state index in [1.165, 1.54) is 12.1 Å². The van der Waals surface area contributed by atoms with Crippen LogP contribution in [0.25, 0.3) is 0 Å². The third-order valence-electron chi connectivity index (χ3n) is 5.72. The average Bonchev–Trinajstić information content (AvgIpc) is 3.18. The van der Waals surface area contributed by atoms with Crippen molar-refractivity contribution in [1.82, 2.24) is 0 Å². The summed E-state index contributed by atoms with van der Waals surface area (Å²) in [5.74, 6) is -4.24. The maximum absolute atomic E-state index is 15.3. The van der Waals surface area contributed by atoms with Gasteiger partial charge in [0.15, 0.2) is 0 Å². The molecule has 1 aliphatic rings. The third kappa shape index (κ3) is 6.83. The van der Waals surface area contributed by atoms with Crippen LogP contribution in [0.3, 0.4) is 0 Å². The zero-order valence-corrected chi connectivity index (χ0v) is 22.4. The Morgan fingerprint density at radius 1 is 1.05 bits per heavy atom. The Morgan fingerprint density at radius 2 is 1.76 bits per heavy atom. The van der Waals surface area contributed by atoms with Gasteiger partial charge in [-0.25, -0.2) is 14.1 Å². The maximum Gasteiger partial charge on any atom is 0.334 e. The van der Waals surface area contributed by atoms with E-state index >= 15 is 4.39 Å². The molecule has 38 heavy (non-hydrogen) atoms. The van der Waals surface area contributed by atoms with Crippen molar-refractivity contribution >= 4 is 52.4 Å². The molecular formula is C26H26ClF2NO7S. The Bertz CT molecular complexity index is 1260. The molecule has 0 atom stereocenters. The highest BCUT2D eigenvalue weighted by molar-refractivity contribution is 7.11. The van der Waals surface area contributed by atoms with E-state index in [2.05, 4.69) is 4.74 Å². The number of methoxy groups -OCH3 is 1. The first kappa shape index (κ1) is 29.4. The fourth-order valence-corrected chi connectivity index (χ4v) is 5.18. The van der Waals surface area contributed by atoms with Gasteiger partial charge in [-0.05, 0) is 50.8 Å². The Labute approximate surface area is 227 Å². The zero-order chi connectivity index (χ0) is 27.8. The standard InChI is InChI=1S/C26H26ClF2NO7S/c1-3-36-11-12-37-26(34)18-10-5-4-9-17(18)25(33)30(24(32)15-7-6-8-16(28)13-15)22-21(27)19(38-23(22)29)14-20(31)35-2/h6-8,13H,3-5,9-12,14H2,1-2H3. The molecule has 204 valence electrons. The van der Waals surface area contributed by atoms with E-state index in [4.69, 9.17) is 21.1 Å². The molecule has 0 spiro atoms. The SMILES string of the molecule is CCOCCOC(=O)C1=C(C(=O)N(C(=O)c2cccc(F)c2)c2c(F)sc(CC(=O)OC)c2Cl)CCCC1. The Kier molecular flexibility index (Phi) is 10.5. The van der Waals surface area contributed by atoms with Gasteiger partial charge in [-0.3, -0.25) is 14.4 Å². The van der Waals surface area contributed by atoms with Crippen molar-refractivity contribution in [2.75, 3.05) is 31.8 Å². The molecule has 0 saturated carbocycles. The topological polar surface area (TPSA) is 99.2 Å². The van der Waals surface area contributed by atoms with Crippen molar-refractivity contribution in [3.8, 4) is 0 Å². The van der Waals surface area contributed by atoms with Crippen LogP contribution in [-0.2, 0) is 35.0 Å². The van der Waals surface area contributed by atoms with Crippen molar-refractivity contribution in [1.29, 1.82) is 0 Å². The van der Waals surface area contributed by atoms with Crippen molar-refractivity contribution in [3.63, 3.8) is 0 Å². The normalized spacial score (nSPS) is 13.3. The van der Waals surface area contributed by atoms with Gasteiger partial charge in [0.25, 0.3) is 11.8 Å². The number of carbonyl (C=O) groups is 4. The number of esters is 2. The monoisotopic (exact) mass is 569 g/mol. The zero-order valence-electron chi connectivity index (χ0n) is 20.8. The molecule has 0 saturated heterocycles. The van der Waals surface area contributed by atoms with Gasteiger partial charge < -0.3 is 14.2 Å². The van der Waals surface area contributed by atoms with Crippen LogP contribution in [0.2, 0.25) is 5.02 Å². The van der Waals surface area contributed by atoms with E-state index < -0.39 is 46.8 Å². The molecule has 2 aromatic rings. The van der Waals surface area contributed by atoms with Gasteiger partial charge in [-0.2, -0.15) is 4.39 Å². The minimum Gasteiger partial charge on any atom is -0.469 e. The molecule has 0 unspecified atom stereocenters. The van der Waals surface area contributed by atoms with Crippen molar-refractivity contribution in [3.05, 3.63) is 61.8 Å². The second kappa shape index (κ2) is 13.6. The van der Waals surface area contributed by atoms with Gasteiger partial charge >= 0.3 is 11.9 Å². The van der Waals surface area contributed by atoms with E-state index in [1.807, 2.05) is 0 Å². The lowest BCUT2D eigenvalue weighted by Gasteiger charge is -2.25. The number of ether oxygens (including phenoxy) is 3. The molecule has 0 bridgehead atoms. The lowest BCUT2D eigenvalue weighted by molar-refractivity contribution is -0.141. The summed E-state index contributed by atoms with van der Waals surface area (Å²) in [5, 5.41) is -1.35. The number of nitrogens with zero attached hydrogens (tertiary/aromatic N) is 1. The highest BCUT2D eigenvalue weighted by atomic mass is 35.5. The number of thiophene rings is 1. The Morgan fingerprint density at radius 3 is 2.42 bits per heavy atom. The molecule has 0 fully saturated rings. The third-order valence-corrected chi connectivity index (χ3v) is 7.21. The molecule has 2 amide bonds. The summed E-state index contributed by atoms with van der Waals surface area (Å²) in [7, 11) is 1.15. The van der Waals surface area contributed by atoms with E-state index in [1.54, 1.807) is 6.92 Å². The molecule has 3 rings (SSSR count). The summed E-state index contributed by atoms with van der Waals surface area (Å²) >= 11 is 6.86. The predicted octanol–water partition coefficient (Wildman–Crippen LogP) is 5.02. The van der Waals surface area contributed by atoms with Gasteiger partial charge in [0, 0.05) is 28.2 Å². The van der Waals surface area contributed by atoms with Crippen LogP contribution in [0.4, 0.5) is 14.5 Å². The van der Waals surface area contributed by atoms with Crippen LogP contribution >= 0.6 is 22.9 Å². The van der Waals surface area contributed by atoms with E-state index in [0.717, 1.165) is 19.2 Å². The summed E-state index contributed by atoms with van der Waals surface area (Å²) in [6, 6.07) is 4.53. The number of carbonyl (C=O) groups excluding carboxylic acids is 4. The number of anilines is 1. The molecule has 1 aliphatic carbocycles. The number of hydrogen-bond acceptors (Lipinski definition) is 8. The highest BCUT2D eigenvalue weighted by Gasteiger charge is 2.37. The first-order valence-electron chi connectivity index (χ1n) is 11.8. The Balaban J connectivity index is 2.09. The van der Waals surface area contributed by atoms with Gasteiger partial charge in [-0.15, -0.1) is 11.3 Å². The molecule has 0 N–H and O–H groups in total. The fourth-order valence-electron chi connectivity index (χ4n) is 3.89. The van der Waals surface area contributed by atoms with Crippen LogP contribution in [0.15, 0.2) is 35.4 Å². The van der Waals surface area contributed by atoms with Crippen molar-refractivity contribution in [2.24, 2.45) is 0 Å². The summed E-state index contributed by atoms with van der Waals surface area (Å²) in [6.07, 6.45) is 1.07. The van der Waals surface area contributed by atoms with Crippen LogP contribution < -0.4 is 4.90 Å². The smallest absolute Gasteiger partial charge is 0.334 e. The molecule has 8 nitrogen and oxygen atoms in total. The minimum atomic E-state index is -1.06. The summed E-state index contributed by atoms with van der Waals surface area (Å²) < 4.78 is 44.3.